The van der Waals surface area contributed by atoms with E-state index in [9.17, 15) is 73.8 Å². The van der Waals surface area contributed by atoms with Gasteiger partial charge in [0.05, 0.1) is 16.6 Å². The van der Waals surface area contributed by atoms with Gasteiger partial charge in [-0.2, -0.15) is 0 Å². The van der Waals surface area contributed by atoms with E-state index in [0.717, 1.165) is 13.3 Å². The lowest BCUT2D eigenvalue weighted by Crippen LogP contribution is -2.68. The summed E-state index contributed by atoms with van der Waals surface area (Å²) >= 11 is 0. The van der Waals surface area contributed by atoms with Crippen LogP contribution in [0, 0.1) is 28.1 Å². The van der Waals surface area contributed by atoms with Crippen LogP contribution in [-0.4, -0.2) is 171 Å². The second-order valence-electron chi connectivity index (χ2n) is 19.8. The number of aromatic nitrogens is 1. The number of amides is 2. The van der Waals surface area contributed by atoms with Crippen LogP contribution < -0.4 is 10.9 Å². The molecule has 2 aliphatic heterocycles. The first-order valence-electron chi connectivity index (χ1n) is 23.6. The van der Waals surface area contributed by atoms with Crippen LogP contribution in [-0.2, 0) is 61.7 Å². The molecule has 0 aromatic carbocycles. The van der Waals surface area contributed by atoms with E-state index in [1.54, 1.807) is 12.1 Å². The van der Waals surface area contributed by atoms with Crippen molar-refractivity contribution in [2.75, 3.05) is 13.2 Å². The zero-order valence-corrected chi connectivity index (χ0v) is 40.5. The average molecular weight is 1080 g/mol. The topological polar surface area (TPSA) is 413 Å². The summed E-state index contributed by atoms with van der Waals surface area (Å²) in [7, 11) is 0. The van der Waals surface area contributed by atoms with E-state index < -0.39 is 145 Å². The zero-order valence-electron chi connectivity index (χ0n) is 40.5. The minimum Gasteiger partial charge on any atom is -0.463 e. The smallest absolute Gasteiger partial charge is 0.463 e. The molecule has 3 unspecified atom stereocenters. The van der Waals surface area contributed by atoms with Gasteiger partial charge in [-0.1, -0.05) is 34.3 Å². The van der Waals surface area contributed by atoms with Gasteiger partial charge in [0, 0.05) is 19.3 Å². The molecule has 1 aromatic rings. The third kappa shape index (κ3) is 11.9. The number of nitrogens with zero attached hydrogens (tertiary/aromatic N) is 1. The van der Waals surface area contributed by atoms with E-state index in [1.807, 2.05) is 6.92 Å². The number of hydrogen-bond acceptors (Lipinski definition) is 21. The van der Waals surface area contributed by atoms with Crippen molar-refractivity contribution in [1.29, 1.82) is 0 Å². The Labute approximate surface area is 432 Å². The van der Waals surface area contributed by atoms with Crippen molar-refractivity contribution in [3.05, 3.63) is 42.2 Å². The summed E-state index contributed by atoms with van der Waals surface area (Å²) < 4.78 is 60.0. The van der Waals surface area contributed by atoms with Gasteiger partial charge in [-0.05, 0) is 91.7 Å². The van der Waals surface area contributed by atoms with Gasteiger partial charge in [-0.25, -0.2) is 28.8 Å². The fourth-order valence-corrected chi connectivity index (χ4v) is 13.0. The molecule has 4 saturated carbocycles. The van der Waals surface area contributed by atoms with Crippen LogP contribution in [0.15, 0.2) is 36.7 Å². The quantitative estimate of drug-likeness (QED) is 0.0377. The fourth-order valence-electron chi connectivity index (χ4n) is 13.0. The maximum absolute atomic E-state index is 14.2. The van der Waals surface area contributed by atoms with Crippen molar-refractivity contribution >= 4 is 54.7 Å². The van der Waals surface area contributed by atoms with Gasteiger partial charge in [0.25, 0.3) is 5.91 Å². The van der Waals surface area contributed by atoms with Crippen molar-refractivity contribution in [3.8, 4) is 0 Å². The Hall–Kier alpha value is -7.24. The third-order valence-electron chi connectivity index (χ3n) is 15.7. The average Bonchev–Trinajstić information content (AvgIpc) is 3.54. The molecule has 2 saturated heterocycles. The SMILES string of the molecule is C.C=C1C[C@@]23CCC4[C@@](C)(CCC[C@@]4(C)C(=O)NNC(=O)c4cccnc4)C2CC[C@]1(O[C@@H]1O[C@H](COC(=O)O)[C@@H](OC(=O)O)[C@H](OC(=O)O)[C@H]1OC1O[C@H](COC(C)=O)[C@@H](OC(=O)O)[C@H](OC(=O)O)[C@H]1OC(=O)O)C3. The predicted molar refractivity (Wildman–Crippen MR) is 244 cm³/mol. The molecule has 4 aliphatic carbocycles. The Bertz CT molecular complexity index is 2410. The largest absolute Gasteiger partial charge is 0.506 e. The monoisotopic (exact) mass is 1080 g/mol. The van der Waals surface area contributed by atoms with Crippen molar-refractivity contribution in [1.82, 2.24) is 15.8 Å². The maximum atomic E-state index is 14.2. The Balaban J connectivity index is 0.00000937. The van der Waals surface area contributed by atoms with Gasteiger partial charge >= 0.3 is 42.9 Å². The molecule has 6 aliphatic rings. The normalized spacial score (nSPS) is 36.1. The Kier molecular flexibility index (Phi) is 17.5. The number of pyridine rings is 1. The van der Waals surface area contributed by atoms with Crippen LogP contribution in [0.1, 0.15) is 96.3 Å². The number of esters is 1. The number of fused-ring (bicyclic) bond motifs is 3. The van der Waals surface area contributed by atoms with Crippen molar-refractivity contribution in [2.24, 2.45) is 28.1 Å². The lowest BCUT2D eigenvalue weighted by atomic mass is 9.40. The van der Waals surface area contributed by atoms with Crippen molar-refractivity contribution < 1.29 is 126 Å². The van der Waals surface area contributed by atoms with E-state index in [4.69, 9.17) is 52.1 Å². The van der Waals surface area contributed by atoms with E-state index in [0.29, 0.717) is 44.1 Å². The summed E-state index contributed by atoms with van der Waals surface area (Å²) in [5.41, 5.74) is 2.59. The molecule has 2 bridgehead atoms. The zero-order chi connectivity index (χ0) is 54.8. The first-order chi connectivity index (χ1) is 35.3. The van der Waals surface area contributed by atoms with Crippen LogP contribution in [0.2, 0.25) is 0 Å². The number of hydrazine groups is 1. The van der Waals surface area contributed by atoms with Gasteiger partial charge in [0.2, 0.25) is 5.91 Å². The van der Waals surface area contributed by atoms with Gasteiger partial charge in [-0.3, -0.25) is 30.2 Å². The third-order valence-corrected chi connectivity index (χ3v) is 15.7. The van der Waals surface area contributed by atoms with Crippen LogP contribution in [0.5, 0.6) is 0 Å². The first kappa shape index (κ1) is 58.0. The van der Waals surface area contributed by atoms with E-state index >= 15 is 0 Å². The molecule has 420 valence electrons. The molecule has 76 heavy (non-hydrogen) atoms. The fraction of sp³-hybridized carbons (Fsp3) is 0.660. The van der Waals surface area contributed by atoms with E-state index in [1.165, 1.54) is 12.4 Å². The highest BCUT2D eigenvalue weighted by Gasteiger charge is 2.69. The molecule has 29 heteroatoms. The van der Waals surface area contributed by atoms with Crippen molar-refractivity contribution in [3.63, 3.8) is 0 Å². The summed E-state index contributed by atoms with van der Waals surface area (Å²) in [4.78, 5) is 116. The Morgan fingerprint density at radius 1 is 0.684 bits per heavy atom. The van der Waals surface area contributed by atoms with Crippen LogP contribution in [0.25, 0.3) is 0 Å². The first-order valence-corrected chi connectivity index (χ1v) is 23.6. The minimum atomic E-state index is -2.41. The van der Waals surface area contributed by atoms with Gasteiger partial charge in [0.15, 0.2) is 49.2 Å². The molecule has 16 atom stereocenters. The summed E-state index contributed by atoms with van der Waals surface area (Å²) in [5.74, 6) is -2.11. The molecule has 1 spiro atoms. The Morgan fingerprint density at radius 2 is 1.24 bits per heavy atom. The lowest BCUT2D eigenvalue weighted by Gasteiger charge is -2.64. The molecule has 1 aromatic heterocycles. The van der Waals surface area contributed by atoms with Crippen molar-refractivity contribution in [2.45, 2.75) is 153 Å². The molecule has 8 N–H and O–H groups in total. The second kappa shape index (κ2) is 22.9. The summed E-state index contributed by atoms with van der Waals surface area (Å²) in [6, 6.07) is 3.14. The van der Waals surface area contributed by atoms with Gasteiger partial charge < -0.3 is 82.7 Å². The summed E-state index contributed by atoms with van der Waals surface area (Å²) in [5, 5.41) is 58.8. The molecule has 6 fully saturated rings. The second-order valence-corrected chi connectivity index (χ2v) is 19.8. The number of rotatable bonds is 15. The highest BCUT2D eigenvalue weighted by molar-refractivity contribution is 5.95. The Morgan fingerprint density at radius 3 is 1.80 bits per heavy atom. The van der Waals surface area contributed by atoms with Gasteiger partial charge in [-0.15, -0.1) is 0 Å². The van der Waals surface area contributed by atoms with Crippen LogP contribution in [0.3, 0.4) is 0 Å². The number of carboxylic acid groups (broad SMARTS) is 6. The number of carbonyl (C=O) groups excluding carboxylic acids is 3. The molecule has 7 rings (SSSR count). The molecule has 0 radical (unpaired) electrons. The number of ether oxygens (including phenoxy) is 11. The number of hydrogen-bond donors (Lipinski definition) is 8. The highest BCUT2D eigenvalue weighted by Crippen LogP contribution is 2.73. The minimum absolute atomic E-state index is 0. The lowest BCUT2D eigenvalue weighted by molar-refractivity contribution is -0.377. The number of nitrogens with one attached hydrogen (secondary N) is 2. The molecule has 2 amide bonds. The predicted octanol–water partition coefficient (Wildman–Crippen LogP) is 5.00. The van der Waals surface area contributed by atoms with E-state index in [-0.39, 0.29) is 43.6 Å². The van der Waals surface area contributed by atoms with Gasteiger partial charge in [0.1, 0.15) is 25.4 Å². The summed E-state index contributed by atoms with van der Waals surface area (Å²) in [6.07, 6.45) is -27.2. The van der Waals surface area contributed by atoms with Crippen LogP contribution in [0.4, 0.5) is 28.8 Å². The summed E-state index contributed by atoms with van der Waals surface area (Å²) in [6.45, 7) is 7.41. The van der Waals surface area contributed by atoms with E-state index in [2.05, 4.69) is 29.3 Å². The molecular formula is C47H61N3O26. The maximum Gasteiger partial charge on any atom is 0.506 e. The molecule has 29 nitrogen and oxygen atoms in total. The highest BCUT2D eigenvalue weighted by atomic mass is 16.8. The van der Waals surface area contributed by atoms with Crippen LogP contribution >= 0.6 is 0 Å². The molecular weight excluding hydrogens is 1020 g/mol. The molecule has 3 heterocycles. The standard InChI is InChI=1S/C46H57N3O26.CH4/c1-20-15-45-12-8-25-43(3,10-6-11-44(25,4)36(52)49-48-33(51)22-7-5-14-47-16-22)26(45)9-13-46(20,19-45)75-35-32(30(73-41(61)62)28(71-39(57)58)24(68-35)18-66-37(53)54)69-34-31(74-42(63)64)29(72-40(59)60)27(70-38(55)56)23(67-34)17-65-21(2)50;/h5,7,14,16,23-32,34-35H,1,6,8-13,15,17-19H2,2-4H3,(H,48,51)(H,49,52)(H,53,54)(H,55,56)(H,57,58)(H,59,60)(H,61,62)(H,63,64);1H4/t23-,24-,25?,26?,27-,28-,29+,30+,31-,32-,34?,35+,43-,44-,45-,46+;/m1./s1. The number of carbonyl (C=O) groups is 9.